The summed E-state index contributed by atoms with van der Waals surface area (Å²) in [6, 6.07) is 17.8. The Morgan fingerprint density at radius 3 is 2.18 bits per heavy atom. The average molecular weight is 627 g/mol. The molecule has 2 amide bonds. The van der Waals surface area contributed by atoms with Crippen LogP contribution in [0.2, 0.25) is 5.02 Å². The molecule has 3 aromatic rings. The highest BCUT2D eigenvalue weighted by atomic mass is 35.5. The molecule has 0 N–H and O–H groups in total. The Bertz CT molecular complexity index is 1720. The highest BCUT2D eigenvalue weighted by molar-refractivity contribution is 6.32. The molecule has 7 atom stereocenters. The lowest BCUT2D eigenvalue weighted by molar-refractivity contribution is -0.385. The molecule has 10 nitrogen and oxygen atoms in total. The molecule has 11 heteroatoms. The molecule has 45 heavy (non-hydrogen) atoms. The van der Waals surface area contributed by atoms with E-state index in [-0.39, 0.29) is 57.8 Å². The standard InChI is InChI=1S/C34H27ClN2O8/c35-25-7-4-8-26(37(42)43)31(25)45-20-11-9-19(10-12-20)28(38)17-44-34(41)27(15-18-5-2-1-3-6-18)36-32(39)29-21-13-14-22(24-16-23(21)24)30(29)33(36)40/h1-14,21-24,27,29-30H,15-17H2. The smallest absolute Gasteiger partial charge is 0.330 e. The Morgan fingerprint density at radius 2 is 1.56 bits per heavy atom. The van der Waals surface area contributed by atoms with E-state index in [0.29, 0.717) is 11.8 Å². The molecule has 5 aliphatic rings. The lowest BCUT2D eigenvalue weighted by atomic mass is 9.63. The quantitative estimate of drug-likeness (QED) is 0.0726. The third-order valence-electron chi connectivity index (χ3n) is 9.44. The maximum Gasteiger partial charge on any atom is 0.330 e. The van der Waals surface area contributed by atoms with Crippen LogP contribution in [0.4, 0.5) is 5.69 Å². The second kappa shape index (κ2) is 11.3. The van der Waals surface area contributed by atoms with Gasteiger partial charge in [-0.2, -0.15) is 0 Å². The zero-order chi connectivity index (χ0) is 31.4. The summed E-state index contributed by atoms with van der Waals surface area (Å²) in [5, 5.41) is 11.4. The molecule has 7 unspecified atom stereocenters. The number of ether oxygens (including phenoxy) is 2. The largest absolute Gasteiger partial charge is 0.456 e. The molecule has 8 rings (SSSR count). The normalized spacial score (nSPS) is 26.2. The number of carbonyl (C=O) groups excluding carboxylic acids is 4. The van der Waals surface area contributed by atoms with E-state index < -0.39 is 41.2 Å². The molecule has 4 aliphatic carbocycles. The van der Waals surface area contributed by atoms with E-state index in [4.69, 9.17) is 21.1 Å². The van der Waals surface area contributed by atoms with Crippen LogP contribution in [0.1, 0.15) is 22.3 Å². The van der Waals surface area contributed by atoms with Gasteiger partial charge in [-0.25, -0.2) is 4.79 Å². The number of para-hydroxylation sites is 1. The van der Waals surface area contributed by atoms with Gasteiger partial charge in [-0.15, -0.1) is 0 Å². The number of halogens is 1. The molecule has 228 valence electrons. The predicted molar refractivity (Wildman–Crippen MR) is 160 cm³/mol. The Labute approximate surface area is 262 Å². The van der Waals surface area contributed by atoms with E-state index in [1.165, 1.54) is 42.5 Å². The number of imide groups is 1. The number of benzene rings is 3. The summed E-state index contributed by atoms with van der Waals surface area (Å²) >= 11 is 6.10. The van der Waals surface area contributed by atoms with E-state index >= 15 is 0 Å². The monoisotopic (exact) mass is 626 g/mol. The molecule has 1 aliphatic heterocycles. The number of nitro groups is 1. The maximum atomic E-state index is 13.8. The Hall–Kier alpha value is -4.83. The van der Waals surface area contributed by atoms with Crippen LogP contribution in [-0.2, 0) is 25.5 Å². The van der Waals surface area contributed by atoms with Crippen molar-refractivity contribution in [3.8, 4) is 11.5 Å². The van der Waals surface area contributed by atoms with Gasteiger partial charge < -0.3 is 9.47 Å². The van der Waals surface area contributed by atoms with E-state index in [1.807, 2.05) is 30.3 Å². The number of Topliss-reactive ketones (excluding diaryl/α,β-unsaturated/α-hetero) is 1. The van der Waals surface area contributed by atoms with Crippen LogP contribution in [-0.4, -0.2) is 46.0 Å². The fraction of sp³-hybridized carbons (Fsp3) is 0.294. The van der Waals surface area contributed by atoms with E-state index in [9.17, 15) is 29.3 Å². The summed E-state index contributed by atoms with van der Waals surface area (Å²) in [7, 11) is 0. The van der Waals surface area contributed by atoms with Crippen molar-refractivity contribution in [1.82, 2.24) is 4.90 Å². The molecular formula is C34H27ClN2O8. The zero-order valence-electron chi connectivity index (χ0n) is 23.8. The summed E-state index contributed by atoms with van der Waals surface area (Å²) < 4.78 is 11.1. The molecule has 2 saturated carbocycles. The van der Waals surface area contributed by atoms with Gasteiger partial charge in [0.2, 0.25) is 17.6 Å². The molecule has 3 fully saturated rings. The Kier molecular flexibility index (Phi) is 7.24. The van der Waals surface area contributed by atoms with Crippen molar-refractivity contribution in [1.29, 1.82) is 0 Å². The van der Waals surface area contributed by atoms with E-state index in [0.717, 1.165) is 16.9 Å². The molecule has 0 spiro atoms. The lowest BCUT2D eigenvalue weighted by Gasteiger charge is -2.37. The molecule has 2 bridgehead atoms. The first-order valence-electron chi connectivity index (χ1n) is 14.7. The number of nitrogens with zero attached hydrogens (tertiary/aromatic N) is 2. The summed E-state index contributed by atoms with van der Waals surface area (Å²) in [6.45, 7) is -0.611. The molecule has 0 radical (unpaired) electrons. The first-order chi connectivity index (χ1) is 21.7. The minimum absolute atomic E-state index is 0.0115. The Balaban J connectivity index is 1.06. The van der Waals surface area contributed by atoms with Gasteiger partial charge in [0.05, 0.1) is 21.8 Å². The van der Waals surface area contributed by atoms with Gasteiger partial charge in [0.1, 0.15) is 11.8 Å². The summed E-state index contributed by atoms with van der Waals surface area (Å²) in [5.74, 6) is -2.01. The van der Waals surface area contributed by atoms with Crippen LogP contribution < -0.4 is 4.74 Å². The number of carbonyl (C=O) groups is 4. The second-order valence-electron chi connectivity index (χ2n) is 11.9. The van der Waals surface area contributed by atoms with Gasteiger partial charge in [-0.05, 0) is 66.0 Å². The highest BCUT2D eigenvalue weighted by Gasteiger charge is 2.68. The number of hydrogen-bond donors (Lipinski definition) is 0. The molecular weight excluding hydrogens is 600 g/mol. The van der Waals surface area contributed by atoms with E-state index in [2.05, 4.69) is 12.2 Å². The van der Waals surface area contributed by atoms with Crippen LogP contribution in [0.15, 0.2) is 84.9 Å². The summed E-state index contributed by atoms with van der Waals surface area (Å²) in [4.78, 5) is 66.0. The van der Waals surface area contributed by atoms with Crippen molar-refractivity contribution in [2.24, 2.45) is 35.5 Å². The fourth-order valence-electron chi connectivity index (χ4n) is 7.29. The zero-order valence-corrected chi connectivity index (χ0v) is 24.5. The van der Waals surface area contributed by atoms with Crippen molar-refractivity contribution in [2.45, 2.75) is 18.9 Å². The van der Waals surface area contributed by atoms with E-state index in [1.54, 1.807) is 0 Å². The third-order valence-corrected chi connectivity index (χ3v) is 9.73. The van der Waals surface area contributed by atoms with Crippen molar-refractivity contribution in [3.05, 3.63) is 111 Å². The van der Waals surface area contributed by atoms with Gasteiger partial charge in [0.15, 0.2) is 12.4 Å². The summed E-state index contributed by atoms with van der Waals surface area (Å²) in [6.07, 6.45) is 5.24. The first kappa shape index (κ1) is 28.9. The van der Waals surface area contributed by atoms with Crippen LogP contribution in [0.5, 0.6) is 11.5 Å². The Morgan fingerprint density at radius 1 is 0.911 bits per heavy atom. The molecule has 0 aromatic heterocycles. The minimum atomic E-state index is -1.20. The number of rotatable bonds is 10. The fourth-order valence-corrected chi connectivity index (χ4v) is 7.50. The molecule has 1 saturated heterocycles. The predicted octanol–water partition coefficient (Wildman–Crippen LogP) is 5.43. The number of likely N-dealkylation sites (tertiary alicyclic amines) is 1. The van der Waals surface area contributed by atoms with Crippen LogP contribution in [0.25, 0.3) is 0 Å². The van der Waals surface area contributed by atoms with Crippen LogP contribution in [0, 0.1) is 45.6 Å². The number of ketones is 1. The van der Waals surface area contributed by atoms with Crippen LogP contribution in [0.3, 0.4) is 0 Å². The van der Waals surface area contributed by atoms with Gasteiger partial charge in [-0.3, -0.25) is 29.4 Å². The van der Waals surface area contributed by atoms with Crippen molar-refractivity contribution < 1.29 is 33.6 Å². The molecule has 3 aromatic carbocycles. The average Bonchev–Trinajstić information content (AvgIpc) is 3.83. The van der Waals surface area contributed by atoms with Gasteiger partial charge >= 0.3 is 11.7 Å². The summed E-state index contributed by atoms with van der Waals surface area (Å²) in [5.41, 5.74) is 0.638. The van der Waals surface area contributed by atoms with Crippen molar-refractivity contribution in [2.75, 3.05) is 6.61 Å². The first-order valence-corrected chi connectivity index (χ1v) is 15.1. The number of allylic oxidation sites excluding steroid dienone is 2. The third kappa shape index (κ3) is 5.08. The molecule has 1 heterocycles. The highest BCUT2D eigenvalue weighted by Crippen LogP contribution is 2.65. The number of nitro benzene ring substituents is 1. The SMILES string of the molecule is O=C(COC(=O)C(Cc1ccccc1)N1C(=O)C2C3C=CC(C4CC34)C2C1=O)c1ccc(Oc2c(Cl)cccc2[N+](=O)[O-])cc1. The van der Waals surface area contributed by atoms with Gasteiger partial charge in [-0.1, -0.05) is 60.2 Å². The number of amides is 2. The van der Waals surface area contributed by atoms with Gasteiger partial charge in [0.25, 0.3) is 0 Å². The lowest BCUT2D eigenvalue weighted by Crippen LogP contribution is -2.48. The topological polar surface area (TPSA) is 133 Å². The van der Waals surface area contributed by atoms with Crippen LogP contribution >= 0.6 is 11.6 Å². The van der Waals surface area contributed by atoms with Crippen molar-refractivity contribution >= 4 is 40.9 Å². The van der Waals surface area contributed by atoms with Gasteiger partial charge in [0, 0.05) is 18.1 Å². The second-order valence-corrected chi connectivity index (χ2v) is 12.3. The minimum Gasteiger partial charge on any atom is -0.456 e. The number of esters is 1. The van der Waals surface area contributed by atoms with Crippen molar-refractivity contribution in [3.63, 3.8) is 0 Å². The maximum absolute atomic E-state index is 13.8. The number of hydrogen-bond acceptors (Lipinski definition) is 8.